The minimum absolute atomic E-state index is 0.0554. The van der Waals surface area contributed by atoms with Crippen LogP contribution in [0.25, 0.3) is 11.1 Å². The zero-order valence-corrected chi connectivity index (χ0v) is 9.79. The van der Waals surface area contributed by atoms with Gasteiger partial charge in [0.15, 0.2) is 6.29 Å². The Morgan fingerprint density at radius 3 is 2.44 bits per heavy atom. The first-order valence-corrected chi connectivity index (χ1v) is 5.43. The van der Waals surface area contributed by atoms with Gasteiger partial charge in [-0.2, -0.15) is 0 Å². The number of nitro groups is 1. The van der Waals surface area contributed by atoms with E-state index in [4.69, 9.17) is 0 Å². The third kappa shape index (κ3) is 2.13. The van der Waals surface area contributed by atoms with Gasteiger partial charge in [-0.25, -0.2) is 0 Å². The van der Waals surface area contributed by atoms with E-state index in [-0.39, 0.29) is 5.69 Å². The first-order valence-electron chi connectivity index (χ1n) is 5.43. The van der Waals surface area contributed by atoms with Gasteiger partial charge in [-0.1, -0.05) is 24.3 Å². The maximum Gasteiger partial charge on any atom is 0.269 e. The molecule has 0 radical (unpaired) electrons. The highest BCUT2D eigenvalue weighted by Gasteiger charge is 2.11. The number of aldehydes is 1. The van der Waals surface area contributed by atoms with E-state index in [0.717, 1.165) is 23.0 Å². The van der Waals surface area contributed by atoms with Gasteiger partial charge in [0, 0.05) is 17.7 Å². The van der Waals surface area contributed by atoms with Crippen LogP contribution in [0.2, 0.25) is 0 Å². The Morgan fingerprint density at radius 1 is 1.11 bits per heavy atom. The summed E-state index contributed by atoms with van der Waals surface area (Å²) in [4.78, 5) is 21.2. The van der Waals surface area contributed by atoms with Crippen molar-refractivity contribution in [1.82, 2.24) is 0 Å². The molecule has 2 rings (SSSR count). The van der Waals surface area contributed by atoms with E-state index in [1.807, 2.05) is 12.1 Å². The Labute approximate surface area is 104 Å². The Balaban J connectivity index is 2.58. The number of carbonyl (C=O) groups is 1. The number of hydrogen-bond acceptors (Lipinski definition) is 3. The van der Waals surface area contributed by atoms with Crippen LogP contribution in [0.5, 0.6) is 0 Å². The molecule has 0 spiro atoms. The van der Waals surface area contributed by atoms with Crippen LogP contribution in [0.3, 0.4) is 0 Å². The number of rotatable bonds is 3. The van der Waals surface area contributed by atoms with E-state index >= 15 is 0 Å². The van der Waals surface area contributed by atoms with Crippen LogP contribution in [-0.2, 0) is 0 Å². The molecule has 0 aromatic heterocycles. The monoisotopic (exact) mass is 241 g/mol. The second-order valence-electron chi connectivity index (χ2n) is 3.96. The molecule has 0 aliphatic heterocycles. The molecule has 90 valence electrons. The summed E-state index contributed by atoms with van der Waals surface area (Å²) in [6, 6.07) is 11.8. The average molecular weight is 241 g/mol. The van der Waals surface area contributed by atoms with E-state index in [1.165, 1.54) is 12.1 Å². The molecule has 0 unspecified atom stereocenters. The van der Waals surface area contributed by atoms with Crippen molar-refractivity contribution in [2.45, 2.75) is 6.92 Å². The third-order valence-electron chi connectivity index (χ3n) is 2.80. The minimum atomic E-state index is -0.428. The molecule has 0 fully saturated rings. The highest BCUT2D eigenvalue weighted by atomic mass is 16.6. The van der Waals surface area contributed by atoms with Crippen LogP contribution in [0.4, 0.5) is 5.69 Å². The first-order chi connectivity index (χ1) is 8.63. The van der Waals surface area contributed by atoms with Gasteiger partial charge in [-0.05, 0) is 29.7 Å². The van der Waals surface area contributed by atoms with Crippen molar-refractivity contribution in [3.63, 3.8) is 0 Å². The standard InChI is InChI=1S/C14H11NO3/c1-10-8-12(15(17)18)6-7-13(10)14-5-3-2-4-11(14)9-16/h2-9H,1H3. The number of non-ortho nitro benzene ring substituents is 1. The molecule has 2 aromatic rings. The molecule has 2 aromatic carbocycles. The number of aryl methyl sites for hydroxylation is 1. The van der Waals surface area contributed by atoms with Crippen LogP contribution < -0.4 is 0 Å². The van der Waals surface area contributed by atoms with E-state index in [9.17, 15) is 14.9 Å². The summed E-state index contributed by atoms with van der Waals surface area (Å²) in [5, 5.41) is 10.7. The van der Waals surface area contributed by atoms with Crippen molar-refractivity contribution in [1.29, 1.82) is 0 Å². The summed E-state index contributed by atoms with van der Waals surface area (Å²) in [6.45, 7) is 1.80. The van der Waals surface area contributed by atoms with Gasteiger partial charge < -0.3 is 0 Å². The van der Waals surface area contributed by atoms with Gasteiger partial charge in [0.2, 0.25) is 0 Å². The highest BCUT2D eigenvalue weighted by Crippen LogP contribution is 2.28. The van der Waals surface area contributed by atoms with E-state index in [1.54, 1.807) is 25.1 Å². The van der Waals surface area contributed by atoms with Crippen molar-refractivity contribution in [2.24, 2.45) is 0 Å². The van der Waals surface area contributed by atoms with E-state index < -0.39 is 4.92 Å². The van der Waals surface area contributed by atoms with Crippen molar-refractivity contribution in [3.8, 4) is 11.1 Å². The number of nitrogens with zero attached hydrogens (tertiary/aromatic N) is 1. The summed E-state index contributed by atoms with van der Waals surface area (Å²) in [7, 11) is 0. The molecule has 0 N–H and O–H groups in total. The van der Waals surface area contributed by atoms with Gasteiger partial charge in [0.25, 0.3) is 5.69 Å². The van der Waals surface area contributed by atoms with Crippen molar-refractivity contribution >= 4 is 12.0 Å². The second-order valence-corrected chi connectivity index (χ2v) is 3.96. The van der Waals surface area contributed by atoms with E-state index in [0.29, 0.717) is 5.56 Å². The zero-order valence-electron chi connectivity index (χ0n) is 9.79. The lowest BCUT2D eigenvalue weighted by Crippen LogP contribution is -1.92. The summed E-state index contributed by atoms with van der Waals surface area (Å²) in [5.74, 6) is 0. The van der Waals surface area contributed by atoms with Gasteiger partial charge in [0.1, 0.15) is 0 Å². The second kappa shape index (κ2) is 4.79. The fourth-order valence-electron chi connectivity index (χ4n) is 1.91. The Bertz CT molecular complexity index is 620. The molecule has 0 atom stereocenters. The number of nitro benzene ring substituents is 1. The lowest BCUT2D eigenvalue weighted by molar-refractivity contribution is -0.384. The topological polar surface area (TPSA) is 60.2 Å². The molecule has 4 nitrogen and oxygen atoms in total. The van der Waals surface area contributed by atoms with Crippen LogP contribution >= 0.6 is 0 Å². The van der Waals surface area contributed by atoms with Crippen molar-refractivity contribution < 1.29 is 9.72 Å². The molecule has 4 heteroatoms. The lowest BCUT2D eigenvalue weighted by Gasteiger charge is -2.08. The fraction of sp³-hybridized carbons (Fsp3) is 0.0714. The summed E-state index contributed by atoms with van der Waals surface area (Å²) >= 11 is 0. The van der Waals surface area contributed by atoms with Crippen LogP contribution in [-0.4, -0.2) is 11.2 Å². The van der Waals surface area contributed by atoms with Crippen LogP contribution in [0.1, 0.15) is 15.9 Å². The summed E-state index contributed by atoms with van der Waals surface area (Å²) in [5.41, 5.74) is 3.04. The lowest BCUT2D eigenvalue weighted by atomic mass is 9.96. The van der Waals surface area contributed by atoms with Crippen LogP contribution in [0, 0.1) is 17.0 Å². The number of benzene rings is 2. The quantitative estimate of drug-likeness (QED) is 0.470. The van der Waals surface area contributed by atoms with Crippen LogP contribution in [0.15, 0.2) is 42.5 Å². The smallest absolute Gasteiger partial charge is 0.269 e. The molecule has 0 heterocycles. The molecule has 0 aliphatic rings. The summed E-state index contributed by atoms with van der Waals surface area (Å²) < 4.78 is 0. The molecule has 0 aliphatic carbocycles. The average Bonchev–Trinajstić information content (AvgIpc) is 2.38. The SMILES string of the molecule is Cc1cc([N+](=O)[O-])ccc1-c1ccccc1C=O. The molecule has 0 saturated heterocycles. The number of hydrogen-bond donors (Lipinski definition) is 0. The molecular weight excluding hydrogens is 230 g/mol. The van der Waals surface area contributed by atoms with Gasteiger partial charge in [0.05, 0.1) is 4.92 Å². The van der Waals surface area contributed by atoms with Gasteiger partial charge in [-0.15, -0.1) is 0 Å². The Kier molecular flexibility index (Phi) is 3.19. The van der Waals surface area contributed by atoms with Crippen molar-refractivity contribution in [3.05, 3.63) is 63.7 Å². The largest absolute Gasteiger partial charge is 0.298 e. The van der Waals surface area contributed by atoms with E-state index in [2.05, 4.69) is 0 Å². The highest BCUT2D eigenvalue weighted by molar-refractivity contribution is 5.88. The van der Waals surface area contributed by atoms with Gasteiger partial charge in [-0.3, -0.25) is 14.9 Å². The summed E-state index contributed by atoms with van der Waals surface area (Å²) in [6.07, 6.45) is 0.788. The Morgan fingerprint density at radius 2 is 1.83 bits per heavy atom. The normalized spacial score (nSPS) is 10.1. The molecule has 0 amide bonds. The maximum atomic E-state index is 11.0. The Hall–Kier alpha value is -2.49. The van der Waals surface area contributed by atoms with Crippen molar-refractivity contribution in [2.75, 3.05) is 0 Å². The molecule has 0 bridgehead atoms. The van der Waals surface area contributed by atoms with Gasteiger partial charge >= 0.3 is 0 Å². The molecule has 0 saturated carbocycles. The molecular formula is C14H11NO3. The fourth-order valence-corrected chi connectivity index (χ4v) is 1.91. The maximum absolute atomic E-state index is 11.0. The first kappa shape index (κ1) is 12.0. The zero-order chi connectivity index (χ0) is 13.1. The predicted molar refractivity (Wildman–Crippen MR) is 68.7 cm³/mol. The predicted octanol–water partition coefficient (Wildman–Crippen LogP) is 3.38. The third-order valence-corrected chi connectivity index (χ3v) is 2.80. The minimum Gasteiger partial charge on any atom is -0.298 e. The molecule has 18 heavy (non-hydrogen) atoms. The number of carbonyl (C=O) groups excluding carboxylic acids is 1.